The van der Waals surface area contributed by atoms with Crippen LogP contribution in [0.1, 0.15) is 24.0 Å². The highest BCUT2D eigenvalue weighted by molar-refractivity contribution is 5.90. The van der Waals surface area contributed by atoms with Gasteiger partial charge >= 0.3 is 5.97 Å². The molecule has 3 nitrogen and oxygen atoms in total. The lowest BCUT2D eigenvalue weighted by Gasteiger charge is -2.07. The van der Waals surface area contributed by atoms with Gasteiger partial charge in [-0.1, -0.05) is 18.2 Å². The van der Waals surface area contributed by atoms with Gasteiger partial charge in [-0.05, 0) is 25.0 Å². The van der Waals surface area contributed by atoms with Crippen LogP contribution in [0.25, 0.3) is 10.9 Å². The third-order valence-corrected chi connectivity index (χ3v) is 2.79. The topological polar surface area (TPSA) is 53.1 Å². The van der Waals surface area contributed by atoms with Crippen molar-refractivity contribution in [2.24, 2.45) is 0 Å². The molecular formula is C12H13NO2. The lowest BCUT2D eigenvalue weighted by Crippen LogP contribution is -2.07. The molecule has 0 aliphatic rings. The smallest absolute Gasteiger partial charge is 0.310 e. The lowest BCUT2D eigenvalue weighted by atomic mass is 9.98. The summed E-state index contributed by atoms with van der Waals surface area (Å²) in [5, 5.41) is 10.1. The fraction of sp³-hybridized carbons (Fsp3) is 0.250. The molecular weight excluding hydrogens is 190 g/mol. The van der Waals surface area contributed by atoms with Crippen LogP contribution in [0.4, 0.5) is 0 Å². The van der Waals surface area contributed by atoms with E-state index < -0.39 is 11.9 Å². The Bertz CT molecular complexity index is 513. The summed E-state index contributed by atoms with van der Waals surface area (Å²) in [6, 6.07) is 5.76. The molecule has 0 aliphatic heterocycles. The maximum absolute atomic E-state index is 10.9. The maximum Gasteiger partial charge on any atom is 0.310 e. The number of carboxylic acid groups (broad SMARTS) is 1. The van der Waals surface area contributed by atoms with Gasteiger partial charge in [0.05, 0.1) is 5.92 Å². The Kier molecular flexibility index (Phi) is 2.23. The molecule has 0 amide bonds. The first-order valence-corrected chi connectivity index (χ1v) is 4.90. The third-order valence-electron chi connectivity index (χ3n) is 2.79. The van der Waals surface area contributed by atoms with E-state index in [0.717, 1.165) is 22.0 Å². The van der Waals surface area contributed by atoms with E-state index in [4.69, 9.17) is 5.11 Å². The first kappa shape index (κ1) is 9.77. The summed E-state index contributed by atoms with van der Waals surface area (Å²) in [5.41, 5.74) is 2.92. The summed E-state index contributed by atoms with van der Waals surface area (Å²) in [4.78, 5) is 14.1. The van der Waals surface area contributed by atoms with Crippen molar-refractivity contribution in [2.75, 3.05) is 0 Å². The number of benzene rings is 1. The number of nitrogens with one attached hydrogen (secondary N) is 1. The minimum atomic E-state index is -0.797. The number of aromatic amines is 1. The van der Waals surface area contributed by atoms with E-state index in [0.29, 0.717) is 0 Å². The van der Waals surface area contributed by atoms with Crippen LogP contribution in [0.2, 0.25) is 0 Å². The summed E-state index contributed by atoms with van der Waals surface area (Å²) >= 11 is 0. The van der Waals surface area contributed by atoms with Gasteiger partial charge in [0, 0.05) is 17.1 Å². The van der Waals surface area contributed by atoms with Gasteiger partial charge in [-0.15, -0.1) is 0 Å². The summed E-state index contributed by atoms with van der Waals surface area (Å²) in [6.07, 6.45) is 1.91. The van der Waals surface area contributed by atoms with Crippen molar-refractivity contribution in [1.82, 2.24) is 4.98 Å². The first-order valence-electron chi connectivity index (χ1n) is 4.90. The monoisotopic (exact) mass is 203 g/mol. The number of rotatable bonds is 2. The average molecular weight is 203 g/mol. The number of para-hydroxylation sites is 1. The molecule has 3 heteroatoms. The van der Waals surface area contributed by atoms with E-state index in [2.05, 4.69) is 4.98 Å². The molecule has 78 valence electrons. The molecule has 2 aromatic rings. The molecule has 2 rings (SSSR count). The Morgan fingerprint density at radius 2 is 2.20 bits per heavy atom. The van der Waals surface area contributed by atoms with Crippen LogP contribution < -0.4 is 0 Å². The van der Waals surface area contributed by atoms with Crippen molar-refractivity contribution in [2.45, 2.75) is 19.8 Å². The minimum absolute atomic E-state index is 0.480. The number of hydrogen-bond donors (Lipinski definition) is 2. The van der Waals surface area contributed by atoms with Crippen LogP contribution in [-0.2, 0) is 4.79 Å². The normalized spacial score (nSPS) is 12.9. The van der Waals surface area contributed by atoms with E-state index in [1.807, 2.05) is 31.3 Å². The van der Waals surface area contributed by atoms with Crippen molar-refractivity contribution in [3.8, 4) is 0 Å². The Labute approximate surface area is 87.7 Å². The van der Waals surface area contributed by atoms with Gasteiger partial charge in [0.15, 0.2) is 0 Å². The number of aryl methyl sites for hydroxylation is 1. The molecule has 0 bridgehead atoms. The molecule has 1 unspecified atom stereocenters. The number of carboxylic acids is 1. The second kappa shape index (κ2) is 3.42. The summed E-state index contributed by atoms with van der Waals surface area (Å²) in [7, 11) is 0. The number of hydrogen-bond acceptors (Lipinski definition) is 1. The average Bonchev–Trinajstić information content (AvgIpc) is 2.59. The Hall–Kier alpha value is -1.77. The molecule has 0 spiro atoms. The van der Waals surface area contributed by atoms with Crippen molar-refractivity contribution >= 4 is 16.9 Å². The van der Waals surface area contributed by atoms with Gasteiger partial charge in [0.25, 0.3) is 0 Å². The second-order valence-corrected chi connectivity index (χ2v) is 3.80. The summed E-state index contributed by atoms with van der Waals surface area (Å²) in [5.74, 6) is -1.28. The molecule has 1 aromatic heterocycles. The molecule has 0 radical (unpaired) electrons. The van der Waals surface area contributed by atoms with Crippen LogP contribution in [0.5, 0.6) is 0 Å². The quantitative estimate of drug-likeness (QED) is 0.788. The van der Waals surface area contributed by atoms with Gasteiger partial charge < -0.3 is 10.1 Å². The molecule has 1 aromatic carbocycles. The Morgan fingerprint density at radius 3 is 2.87 bits per heavy atom. The van der Waals surface area contributed by atoms with E-state index >= 15 is 0 Å². The van der Waals surface area contributed by atoms with Crippen molar-refractivity contribution < 1.29 is 9.90 Å². The lowest BCUT2D eigenvalue weighted by molar-refractivity contribution is -0.138. The first-order chi connectivity index (χ1) is 7.11. The highest BCUT2D eigenvalue weighted by atomic mass is 16.4. The van der Waals surface area contributed by atoms with Gasteiger partial charge in [0.1, 0.15) is 0 Å². The third kappa shape index (κ3) is 1.50. The highest BCUT2D eigenvalue weighted by Gasteiger charge is 2.17. The van der Waals surface area contributed by atoms with Gasteiger partial charge in [0.2, 0.25) is 0 Å². The number of aliphatic carboxylic acids is 1. The van der Waals surface area contributed by atoms with E-state index in [1.165, 1.54) is 0 Å². The molecule has 0 fully saturated rings. The number of fused-ring (bicyclic) bond motifs is 1. The summed E-state index contributed by atoms with van der Waals surface area (Å²) in [6.45, 7) is 3.71. The van der Waals surface area contributed by atoms with E-state index in [-0.39, 0.29) is 0 Å². The van der Waals surface area contributed by atoms with Crippen molar-refractivity contribution in [3.05, 3.63) is 35.5 Å². The van der Waals surface area contributed by atoms with Crippen LogP contribution in [0.15, 0.2) is 24.4 Å². The number of aromatic nitrogens is 1. The standard InChI is InChI=1S/C12H13NO2/c1-7-6-13-11-9(7)4-3-5-10(11)8(2)12(14)15/h3-6,8,13H,1-2H3,(H,14,15). The zero-order valence-electron chi connectivity index (χ0n) is 8.74. The Balaban J connectivity index is 2.66. The zero-order chi connectivity index (χ0) is 11.0. The summed E-state index contributed by atoms with van der Waals surface area (Å²) < 4.78 is 0. The maximum atomic E-state index is 10.9. The zero-order valence-corrected chi connectivity index (χ0v) is 8.74. The van der Waals surface area contributed by atoms with Gasteiger partial charge in [-0.2, -0.15) is 0 Å². The van der Waals surface area contributed by atoms with Crippen LogP contribution in [0.3, 0.4) is 0 Å². The van der Waals surface area contributed by atoms with E-state index in [1.54, 1.807) is 6.92 Å². The van der Waals surface area contributed by atoms with Crippen LogP contribution in [0, 0.1) is 6.92 Å². The number of H-pyrrole nitrogens is 1. The molecule has 2 N–H and O–H groups in total. The SMILES string of the molecule is Cc1c[nH]c2c(C(C)C(=O)O)cccc12. The highest BCUT2D eigenvalue weighted by Crippen LogP contribution is 2.26. The van der Waals surface area contributed by atoms with Crippen LogP contribution in [-0.4, -0.2) is 16.1 Å². The molecule has 0 aliphatic carbocycles. The predicted octanol–water partition coefficient (Wildman–Crippen LogP) is 2.66. The van der Waals surface area contributed by atoms with Crippen LogP contribution >= 0.6 is 0 Å². The largest absolute Gasteiger partial charge is 0.481 e. The van der Waals surface area contributed by atoms with Gasteiger partial charge in [-0.25, -0.2) is 0 Å². The fourth-order valence-electron chi connectivity index (χ4n) is 1.81. The minimum Gasteiger partial charge on any atom is -0.481 e. The molecule has 1 heterocycles. The second-order valence-electron chi connectivity index (χ2n) is 3.80. The van der Waals surface area contributed by atoms with Gasteiger partial charge in [-0.3, -0.25) is 4.79 Å². The van der Waals surface area contributed by atoms with Crippen molar-refractivity contribution in [1.29, 1.82) is 0 Å². The number of carbonyl (C=O) groups is 1. The molecule has 0 saturated carbocycles. The predicted molar refractivity (Wildman–Crippen MR) is 59.1 cm³/mol. The molecule has 0 saturated heterocycles. The molecule has 15 heavy (non-hydrogen) atoms. The van der Waals surface area contributed by atoms with Crippen molar-refractivity contribution in [3.63, 3.8) is 0 Å². The fourth-order valence-corrected chi connectivity index (χ4v) is 1.81. The van der Waals surface area contributed by atoms with E-state index in [9.17, 15) is 4.79 Å². The Morgan fingerprint density at radius 1 is 1.47 bits per heavy atom. The molecule has 1 atom stereocenters.